The van der Waals surface area contributed by atoms with Gasteiger partial charge in [0.25, 0.3) is 0 Å². The number of benzene rings is 1. The number of rotatable bonds is 10. The molecule has 3 rings (SSSR count). The molecule has 8 heteroatoms. The van der Waals surface area contributed by atoms with Gasteiger partial charge < -0.3 is 24.8 Å². The van der Waals surface area contributed by atoms with Crippen LogP contribution in [0.4, 0.5) is 4.39 Å². The number of hydrogen-bond acceptors (Lipinski definition) is 5. The molecule has 0 amide bonds. The van der Waals surface area contributed by atoms with Crippen molar-refractivity contribution in [2.75, 3.05) is 60.2 Å². The third-order valence-corrected chi connectivity index (χ3v) is 5.91. The summed E-state index contributed by atoms with van der Waals surface area (Å²) in [5.74, 6) is 1.40. The molecule has 1 aromatic rings. The molecule has 2 N–H and O–H groups in total. The number of piperidine rings is 1. The van der Waals surface area contributed by atoms with Crippen molar-refractivity contribution < 1.29 is 18.6 Å². The van der Waals surface area contributed by atoms with Gasteiger partial charge in [0.1, 0.15) is 0 Å². The van der Waals surface area contributed by atoms with E-state index < -0.39 is 0 Å². The number of guanidine groups is 1. The molecule has 0 radical (unpaired) electrons. The predicted molar refractivity (Wildman–Crippen MR) is 120 cm³/mol. The SMILES string of the molecule is CN=C(NCCCOCC1CCOC1)NC1CCN(Cc2ccc(OC)c(F)c2)CC1. The number of hydrogen-bond donors (Lipinski definition) is 2. The molecule has 174 valence electrons. The summed E-state index contributed by atoms with van der Waals surface area (Å²) in [5.41, 5.74) is 0.977. The van der Waals surface area contributed by atoms with Crippen LogP contribution in [0.25, 0.3) is 0 Å². The number of nitrogens with one attached hydrogen (secondary N) is 2. The Kier molecular flexibility index (Phi) is 9.84. The Hall–Kier alpha value is -1.90. The Morgan fingerprint density at radius 1 is 1.29 bits per heavy atom. The standard InChI is InChI=1S/C23H37FN4O3/c1-25-23(26-9-3-12-30-16-19-8-13-31-17-19)27-20-6-10-28(11-7-20)15-18-4-5-22(29-2)21(24)14-18/h4-5,14,19-20H,3,6-13,15-17H2,1-2H3,(H2,25,26,27). The van der Waals surface area contributed by atoms with Crippen LogP contribution in [0.5, 0.6) is 5.75 Å². The van der Waals surface area contributed by atoms with Crippen LogP contribution in [-0.2, 0) is 16.0 Å². The molecule has 2 fully saturated rings. The minimum Gasteiger partial charge on any atom is -0.494 e. The average molecular weight is 437 g/mol. The van der Waals surface area contributed by atoms with Gasteiger partial charge in [0.05, 0.1) is 20.3 Å². The van der Waals surface area contributed by atoms with Crippen LogP contribution in [0.15, 0.2) is 23.2 Å². The van der Waals surface area contributed by atoms with Crippen LogP contribution in [0, 0.1) is 11.7 Å². The maximum Gasteiger partial charge on any atom is 0.191 e. The monoisotopic (exact) mass is 436 g/mol. The van der Waals surface area contributed by atoms with E-state index in [0.29, 0.717) is 17.7 Å². The molecule has 2 aliphatic heterocycles. The molecule has 0 saturated carbocycles. The lowest BCUT2D eigenvalue weighted by Gasteiger charge is -2.33. The van der Waals surface area contributed by atoms with Crippen molar-refractivity contribution in [1.82, 2.24) is 15.5 Å². The molecule has 0 aromatic heterocycles. The molecular formula is C23H37FN4O3. The van der Waals surface area contributed by atoms with Gasteiger partial charge >= 0.3 is 0 Å². The molecule has 31 heavy (non-hydrogen) atoms. The van der Waals surface area contributed by atoms with Crippen molar-refractivity contribution in [3.63, 3.8) is 0 Å². The molecule has 1 unspecified atom stereocenters. The molecule has 0 spiro atoms. The largest absolute Gasteiger partial charge is 0.494 e. The highest BCUT2D eigenvalue weighted by Gasteiger charge is 2.20. The van der Waals surface area contributed by atoms with E-state index in [9.17, 15) is 4.39 Å². The third-order valence-electron chi connectivity index (χ3n) is 5.91. The first-order valence-corrected chi connectivity index (χ1v) is 11.4. The first-order valence-electron chi connectivity index (χ1n) is 11.4. The number of methoxy groups -OCH3 is 1. The fourth-order valence-corrected chi connectivity index (χ4v) is 4.04. The highest BCUT2D eigenvalue weighted by atomic mass is 19.1. The zero-order chi connectivity index (χ0) is 21.9. The van der Waals surface area contributed by atoms with E-state index in [1.54, 1.807) is 19.2 Å². The fourth-order valence-electron chi connectivity index (χ4n) is 4.04. The molecule has 1 aromatic carbocycles. The van der Waals surface area contributed by atoms with E-state index in [1.807, 2.05) is 6.07 Å². The topological polar surface area (TPSA) is 67.4 Å². The smallest absolute Gasteiger partial charge is 0.191 e. The molecule has 2 saturated heterocycles. The van der Waals surface area contributed by atoms with E-state index in [0.717, 1.165) is 89.8 Å². The minimum atomic E-state index is -0.302. The van der Waals surface area contributed by atoms with Gasteiger partial charge in [-0.25, -0.2) is 4.39 Å². The summed E-state index contributed by atoms with van der Waals surface area (Å²) in [7, 11) is 3.29. The maximum absolute atomic E-state index is 13.9. The second-order valence-electron chi connectivity index (χ2n) is 8.32. The van der Waals surface area contributed by atoms with Gasteiger partial charge in [-0.1, -0.05) is 6.07 Å². The van der Waals surface area contributed by atoms with E-state index >= 15 is 0 Å². The fraction of sp³-hybridized carbons (Fsp3) is 0.696. The van der Waals surface area contributed by atoms with Gasteiger partial charge in [-0.15, -0.1) is 0 Å². The number of likely N-dealkylation sites (tertiary alicyclic amines) is 1. The molecule has 7 nitrogen and oxygen atoms in total. The van der Waals surface area contributed by atoms with Crippen molar-refractivity contribution in [2.45, 2.75) is 38.3 Å². The highest BCUT2D eigenvalue weighted by molar-refractivity contribution is 5.79. The van der Waals surface area contributed by atoms with E-state index in [2.05, 4.69) is 20.5 Å². The van der Waals surface area contributed by atoms with Gasteiger partial charge in [0.15, 0.2) is 17.5 Å². The van der Waals surface area contributed by atoms with Crippen molar-refractivity contribution in [2.24, 2.45) is 10.9 Å². The zero-order valence-corrected chi connectivity index (χ0v) is 18.9. The van der Waals surface area contributed by atoms with Crippen LogP contribution in [0.3, 0.4) is 0 Å². The molecular weight excluding hydrogens is 399 g/mol. The average Bonchev–Trinajstić information content (AvgIpc) is 3.30. The van der Waals surface area contributed by atoms with Gasteiger partial charge in [0, 0.05) is 58.4 Å². The first-order chi connectivity index (χ1) is 15.2. The van der Waals surface area contributed by atoms with Crippen LogP contribution in [0.2, 0.25) is 0 Å². The second-order valence-corrected chi connectivity index (χ2v) is 8.32. The molecule has 2 aliphatic rings. The Labute approximate surface area is 185 Å². The Bertz CT molecular complexity index is 689. The van der Waals surface area contributed by atoms with Crippen molar-refractivity contribution in [3.8, 4) is 5.75 Å². The summed E-state index contributed by atoms with van der Waals surface area (Å²) >= 11 is 0. The molecule has 2 heterocycles. The van der Waals surface area contributed by atoms with E-state index in [4.69, 9.17) is 14.2 Å². The number of ether oxygens (including phenoxy) is 3. The second kappa shape index (κ2) is 12.8. The van der Waals surface area contributed by atoms with Gasteiger partial charge in [-0.2, -0.15) is 0 Å². The van der Waals surface area contributed by atoms with E-state index in [1.165, 1.54) is 7.11 Å². The van der Waals surface area contributed by atoms with Gasteiger partial charge in [0.2, 0.25) is 0 Å². The van der Waals surface area contributed by atoms with Crippen molar-refractivity contribution in [1.29, 1.82) is 0 Å². The van der Waals surface area contributed by atoms with Crippen LogP contribution in [-0.4, -0.2) is 77.1 Å². The van der Waals surface area contributed by atoms with Crippen LogP contribution in [0.1, 0.15) is 31.2 Å². The first kappa shape index (κ1) is 23.8. The lowest BCUT2D eigenvalue weighted by atomic mass is 10.0. The lowest BCUT2D eigenvalue weighted by molar-refractivity contribution is 0.0888. The molecule has 0 aliphatic carbocycles. The summed E-state index contributed by atoms with van der Waals surface area (Å²) in [6, 6.07) is 5.60. The quantitative estimate of drug-likeness (QED) is 0.334. The van der Waals surface area contributed by atoms with Crippen LogP contribution < -0.4 is 15.4 Å². The third kappa shape index (κ3) is 7.94. The normalized spacial score (nSPS) is 20.7. The van der Waals surface area contributed by atoms with Crippen LogP contribution >= 0.6 is 0 Å². The summed E-state index contributed by atoms with van der Waals surface area (Å²) in [6.45, 7) is 6.80. The Balaban J connectivity index is 1.28. The number of aliphatic imine (C=N–C) groups is 1. The highest BCUT2D eigenvalue weighted by Crippen LogP contribution is 2.20. The Morgan fingerprint density at radius 3 is 2.81 bits per heavy atom. The summed E-state index contributed by atoms with van der Waals surface area (Å²) in [4.78, 5) is 6.71. The predicted octanol–water partition coefficient (Wildman–Crippen LogP) is 2.41. The van der Waals surface area contributed by atoms with Gasteiger partial charge in [-0.3, -0.25) is 9.89 Å². The number of nitrogens with zero attached hydrogens (tertiary/aromatic N) is 2. The van der Waals surface area contributed by atoms with Crippen molar-refractivity contribution >= 4 is 5.96 Å². The molecule has 0 bridgehead atoms. The minimum absolute atomic E-state index is 0.292. The summed E-state index contributed by atoms with van der Waals surface area (Å²) in [5, 5.41) is 6.91. The number of halogens is 1. The van der Waals surface area contributed by atoms with Gasteiger partial charge in [-0.05, 0) is 43.4 Å². The summed E-state index contributed by atoms with van der Waals surface area (Å²) < 4.78 is 30.0. The molecule has 1 atom stereocenters. The summed E-state index contributed by atoms with van der Waals surface area (Å²) in [6.07, 6.45) is 4.13. The lowest BCUT2D eigenvalue weighted by Crippen LogP contribution is -2.48. The zero-order valence-electron chi connectivity index (χ0n) is 18.9. The maximum atomic E-state index is 13.9. The Morgan fingerprint density at radius 2 is 2.13 bits per heavy atom. The van der Waals surface area contributed by atoms with E-state index in [-0.39, 0.29) is 5.82 Å². The van der Waals surface area contributed by atoms with Crippen molar-refractivity contribution in [3.05, 3.63) is 29.6 Å².